The average molecular weight is 223 g/mol. The molecule has 0 atom stereocenters. The number of hydrogen-bond acceptors (Lipinski definition) is 1. The zero-order valence-corrected chi connectivity index (χ0v) is 10.4. The lowest BCUT2D eigenvalue weighted by molar-refractivity contribution is 0.650. The summed E-state index contributed by atoms with van der Waals surface area (Å²) in [5.41, 5.74) is 2.52. The minimum Gasteiger partial charge on any atom is -0.198 e. The first-order valence-corrected chi connectivity index (χ1v) is 6.09. The van der Waals surface area contributed by atoms with Crippen LogP contribution in [0.3, 0.4) is 0 Å². The Labute approximate surface area is 103 Å². The number of nitrogens with zero attached hydrogens (tertiary/aromatic N) is 1. The van der Waals surface area contributed by atoms with E-state index >= 15 is 0 Å². The molecule has 86 valence electrons. The number of hydrogen-bond donors (Lipinski definition) is 0. The fourth-order valence-electron chi connectivity index (χ4n) is 2.28. The second kappa shape index (κ2) is 5.01. The number of rotatable bonds is 3. The van der Waals surface area contributed by atoms with Crippen LogP contribution in [0.4, 0.5) is 0 Å². The van der Waals surface area contributed by atoms with Gasteiger partial charge in [-0.05, 0) is 34.2 Å². The van der Waals surface area contributed by atoms with Gasteiger partial charge in [0, 0.05) is 0 Å². The fourth-order valence-corrected chi connectivity index (χ4v) is 2.28. The maximum Gasteiger partial charge on any atom is 0.0669 e. The van der Waals surface area contributed by atoms with Gasteiger partial charge in [-0.15, -0.1) is 0 Å². The maximum absolute atomic E-state index is 8.84. The molecular formula is C16H17N. The maximum atomic E-state index is 8.84. The molecule has 0 saturated carbocycles. The van der Waals surface area contributed by atoms with Crippen LogP contribution in [-0.2, 0) is 12.8 Å². The van der Waals surface area contributed by atoms with E-state index < -0.39 is 0 Å². The molecule has 0 aliphatic rings. The molecule has 0 bridgehead atoms. The molecule has 1 heteroatoms. The van der Waals surface area contributed by atoms with Crippen LogP contribution < -0.4 is 0 Å². The van der Waals surface area contributed by atoms with Gasteiger partial charge in [0.2, 0.25) is 0 Å². The molecule has 1 nitrogen and oxygen atoms in total. The third-order valence-electron chi connectivity index (χ3n) is 3.00. The van der Waals surface area contributed by atoms with Crippen molar-refractivity contribution in [1.82, 2.24) is 0 Å². The summed E-state index contributed by atoms with van der Waals surface area (Å²) >= 11 is 0. The van der Waals surface area contributed by atoms with Gasteiger partial charge in [0.25, 0.3) is 0 Å². The lowest BCUT2D eigenvalue weighted by Gasteiger charge is -2.11. The highest BCUT2D eigenvalue weighted by atomic mass is 14.2. The van der Waals surface area contributed by atoms with Crippen LogP contribution >= 0.6 is 0 Å². The van der Waals surface area contributed by atoms with E-state index in [9.17, 15) is 0 Å². The number of nitriles is 1. The molecule has 17 heavy (non-hydrogen) atoms. The Hall–Kier alpha value is -1.81. The molecule has 2 aromatic carbocycles. The van der Waals surface area contributed by atoms with Crippen LogP contribution in [-0.4, -0.2) is 0 Å². The first-order valence-electron chi connectivity index (χ1n) is 6.09. The van der Waals surface area contributed by atoms with Crippen molar-refractivity contribution in [3.8, 4) is 6.07 Å². The summed E-state index contributed by atoms with van der Waals surface area (Å²) in [6, 6.07) is 14.9. The van der Waals surface area contributed by atoms with Gasteiger partial charge in [0.15, 0.2) is 0 Å². The number of benzene rings is 2. The Morgan fingerprint density at radius 1 is 1.00 bits per heavy atom. The van der Waals surface area contributed by atoms with E-state index in [4.69, 9.17) is 5.26 Å². The molecule has 0 heterocycles. The summed E-state index contributed by atoms with van der Waals surface area (Å²) < 4.78 is 0. The van der Waals surface area contributed by atoms with Crippen LogP contribution in [0.15, 0.2) is 36.4 Å². The topological polar surface area (TPSA) is 23.8 Å². The third kappa shape index (κ3) is 2.47. The van der Waals surface area contributed by atoms with Gasteiger partial charge >= 0.3 is 0 Å². The van der Waals surface area contributed by atoms with Crippen molar-refractivity contribution in [2.24, 2.45) is 5.92 Å². The lowest BCUT2D eigenvalue weighted by atomic mass is 9.93. The molecule has 0 aliphatic carbocycles. The van der Waals surface area contributed by atoms with Crippen molar-refractivity contribution >= 4 is 10.8 Å². The van der Waals surface area contributed by atoms with Gasteiger partial charge in [-0.1, -0.05) is 50.2 Å². The van der Waals surface area contributed by atoms with E-state index in [0.29, 0.717) is 12.3 Å². The minimum absolute atomic E-state index is 0.489. The van der Waals surface area contributed by atoms with Crippen molar-refractivity contribution in [2.45, 2.75) is 26.7 Å². The Bertz CT molecular complexity index is 561. The van der Waals surface area contributed by atoms with E-state index in [1.807, 2.05) is 6.07 Å². The van der Waals surface area contributed by atoms with Gasteiger partial charge < -0.3 is 0 Å². The molecule has 0 aromatic heterocycles. The molecule has 0 unspecified atom stereocenters. The lowest BCUT2D eigenvalue weighted by Crippen LogP contribution is -1.96. The molecule has 0 amide bonds. The van der Waals surface area contributed by atoms with E-state index in [1.54, 1.807) is 0 Å². The zero-order valence-electron chi connectivity index (χ0n) is 10.4. The number of fused-ring (bicyclic) bond motifs is 1. The van der Waals surface area contributed by atoms with Gasteiger partial charge in [-0.2, -0.15) is 5.26 Å². The fraction of sp³-hybridized carbons (Fsp3) is 0.312. The second-order valence-electron chi connectivity index (χ2n) is 4.86. The summed E-state index contributed by atoms with van der Waals surface area (Å²) in [4.78, 5) is 0. The van der Waals surface area contributed by atoms with E-state index in [0.717, 1.165) is 12.0 Å². The highest BCUT2D eigenvalue weighted by Crippen LogP contribution is 2.25. The van der Waals surface area contributed by atoms with Crippen molar-refractivity contribution in [3.05, 3.63) is 47.5 Å². The first-order chi connectivity index (χ1) is 8.22. The van der Waals surface area contributed by atoms with Crippen LogP contribution in [0.2, 0.25) is 0 Å². The van der Waals surface area contributed by atoms with Gasteiger partial charge in [-0.25, -0.2) is 0 Å². The molecule has 0 radical (unpaired) electrons. The second-order valence-corrected chi connectivity index (χ2v) is 4.86. The predicted molar refractivity (Wildman–Crippen MR) is 71.8 cm³/mol. The molecule has 0 fully saturated rings. The van der Waals surface area contributed by atoms with Crippen LogP contribution in [0.5, 0.6) is 0 Å². The smallest absolute Gasteiger partial charge is 0.0669 e. The Balaban J connectivity index is 2.58. The Morgan fingerprint density at radius 3 is 2.18 bits per heavy atom. The van der Waals surface area contributed by atoms with Gasteiger partial charge in [0.05, 0.1) is 12.5 Å². The van der Waals surface area contributed by atoms with Crippen LogP contribution in [0.25, 0.3) is 10.8 Å². The molecule has 0 saturated heterocycles. The summed E-state index contributed by atoms with van der Waals surface area (Å²) in [5.74, 6) is 0.653. The first kappa shape index (κ1) is 11.7. The van der Waals surface area contributed by atoms with Crippen molar-refractivity contribution < 1.29 is 0 Å². The third-order valence-corrected chi connectivity index (χ3v) is 3.00. The quantitative estimate of drug-likeness (QED) is 0.768. The summed E-state index contributed by atoms with van der Waals surface area (Å²) in [6.45, 7) is 4.47. The Kier molecular flexibility index (Phi) is 3.44. The van der Waals surface area contributed by atoms with Gasteiger partial charge in [0.1, 0.15) is 0 Å². The van der Waals surface area contributed by atoms with Crippen LogP contribution in [0.1, 0.15) is 25.0 Å². The zero-order chi connectivity index (χ0) is 12.3. The van der Waals surface area contributed by atoms with Gasteiger partial charge in [-0.3, -0.25) is 0 Å². The highest BCUT2D eigenvalue weighted by molar-refractivity contribution is 5.89. The molecular weight excluding hydrogens is 206 g/mol. The predicted octanol–water partition coefficient (Wildman–Crippen LogP) is 4.10. The highest BCUT2D eigenvalue weighted by Gasteiger charge is 2.06. The summed E-state index contributed by atoms with van der Waals surface area (Å²) in [6.07, 6.45) is 1.58. The molecule has 0 spiro atoms. The van der Waals surface area contributed by atoms with Crippen molar-refractivity contribution in [2.75, 3.05) is 0 Å². The molecule has 0 aliphatic heterocycles. The molecule has 2 aromatic rings. The molecule has 0 N–H and O–H groups in total. The molecule has 2 rings (SSSR count). The van der Waals surface area contributed by atoms with Crippen molar-refractivity contribution in [3.63, 3.8) is 0 Å². The van der Waals surface area contributed by atoms with Crippen LogP contribution in [0, 0.1) is 17.2 Å². The Morgan fingerprint density at radius 2 is 1.59 bits per heavy atom. The van der Waals surface area contributed by atoms with E-state index in [-0.39, 0.29) is 0 Å². The van der Waals surface area contributed by atoms with E-state index in [2.05, 4.69) is 50.2 Å². The largest absolute Gasteiger partial charge is 0.198 e. The average Bonchev–Trinajstić information content (AvgIpc) is 2.32. The van der Waals surface area contributed by atoms with Crippen molar-refractivity contribution in [1.29, 1.82) is 5.26 Å². The summed E-state index contributed by atoms with van der Waals surface area (Å²) in [5, 5.41) is 11.4. The van der Waals surface area contributed by atoms with E-state index in [1.165, 1.54) is 16.3 Å². The summed E-state index contributed by atoms with van der Waals surface area (Å²) in [7, 11) is 0. The normalized spacial score (nSPS) is 10.7. The standard InChI is InChI=1S/C16H17N/c1-12(2)11-14-8-7-13(9-10-17)15-5-3-4-6-16(14)15/h3-8,12H,9,11H2,1-2H3. The minimum atomic E-state index is 0.489. The monoisotopic (exact) mass is 223 g/mol. The SMILES string of the molecule is CC(C)Cc1ccc(CC#N)c2ccccc12.